The van der Waals surface area contributed by atoms with Gasteiger partial charge in [-0.1, -0.05) is 34.9 Å². The van der Waals surface area contributed by atoms with Crippen LogP contribution in [0.3, 0.4) is 0 Å². The van der Waals surface area contributed by atoms with E-state index >= 15 is 0 Å². The maximum absolute atomic E-state index is 12.9. The molecular weight excluding hydrogens is 380 g/mol. The van der Waals surface area contributed by atoms with Crippen molar-refractivity contribution in [3.63, 3.8) is 0 Å². The van der Waals surface area contributed by atoms with Crippen LogP contribution in [-0.4, -0.2) is 24.4 Å². The minimum atomic E-state index is -3.53. The summed E-state index contributed by atoms with van der Waals surface area (Å²) in [5, 5.41) is 4.10. The molecule has 2 aromatic rings. The maximum Gasteiger partial charge on any atom is 0.243 e. The molecule has 1 aliphatic heterocycles. The number of halogens is 1. The van der Waals surface area contributed by atoms with E-state index in [1.165, 1.54) is 4.31 Å². The van der Waals surface area contributed by atoms with Crippen LogP contribution < -0.4 is 0 Å². The molecular formula is C16H19BrN2O3S. The Balaban J connectivity index is 1.92. The van der Waals surface area contributed by atoms with E-state index < -0.39 is 10.0 Å². The van der Waals surface area contributed by atoms with E-state index in [0.717, 1.165) is 23.1 Å². The van der Waals surface area contributed by atoms with Crippen molar-refractivity contribution in [1.29, 1.82) is 0 Å². The van der Waals surface area contributed by atoms with Gasteiger partial charge in [0.2, 0.25) is 10.0 Å². The summed E-state index contributed by atoms with van der Waals surface area (Å²) < 4.78 is 33.6. The standard InChI is InChI=1S/C16H19BrN2O3S/c1-11(2)16-10-14(18-22-16)15-4-3-9-19(15)23(20,21)13-7-5-12(17)6-8-13/h5-8,10-11,15H,3-4,9H2,1-2H3/t15-/m1/s1. The van der Waals surface area contributed by atoms with E-state index in [0.29, 0.717) is 17.1 Å². The van der Waals surface area contributed by atoms with Crippen LogP contribution in [-0.2, 0) is 10.0 Å². The molecule has 1 atom stereocenters. The molecule has 0 radical (unpaired) electrons. The van der Waals surface area contributed by atoms with Gasteiger partial charge in [0.25, 0.3) is 0 Å². The van der Waals surface area contributed by atoms with Gasteiger partial charge in [0.05, 0.1) is 10.9 Å². The number of sulfonamides is 1. The molecule has 2 heterocycles. The number of rotatable bonds is 4. The second kappa shape index (κ2) is 6.37. The van der Waals surface area contributed by atoms with Crippen LogP contribution in [0.1, 0.15) is 50.1 Å². The van der Waals surface area contributed by atoms with Gasteiger partial charge in [-0.2, -0.15) is 4.31 Å². The van der Waals surface area contributed by atoms with Crippen LogP contribution in [0.2, 0.25) is 0 Å². The zero-order valence-corrected chi connectivity index (χ0v) is 15.5. The van der Waals surface area contributed by atoms with Crippen LogP contribution >= 0.6 is 15.9 Å². The lowest BCUT2D eigenvalue weighted by molar-refractivity contribution is 0.338. The molecule has 7 heteroatoms. The zero-order valence-electron chi connectivity index (χ0n) is 13.1. The van der Waals surface area contributed by atoms with Gasteiger partial charge in [-0.25, -0.2) is 8.42 Å². The summed E-state index contributed by atoms with van der Waals surface area (Å²) in [4.78, 5) is 0.306. The first-order valence-corrected chi connectivity index (χ1v) is 9.87. The Morgan fingerprint density at radius 2 is 2.00 bits per heavy atom. The molecule has 3 rings (SSSR count). The monoisotopic (exact) mass is 398 g/mol. The predicted molar refractivity (Wildman–Crippen MR) is 90.6 cm³/mol. The molecule has 0 bridgehead atoms. The van der Waals surface area contributed by atoms with E-state index in [-0.39, 0.29) is 12.0 Å². The summed E-state index contributed by atoms with van der Waals surface area (Å²) in [6.07, 6.45) is 1.59. The number of hydrogen-bond donors (Lipinski definition) is 0. The Bertz CT molecular complexity index is 784. The number of hydrogen-bond acceptors (Lipinski definition) is 4. The fourth-order valence-corrected chi connectivity index (χ4v) is 4.73. The Morgan fingerprint density at radius 1 is 1.30 bits per heavy atom. The molecule has 124 valence electrons. The molecule has 0 spiro atoms. The highest BCUT2D eigenvalue weighted by molar-refractivity contribution is 9.10. The van der Waals surface area contributed by atoms with Gasteiger partial charge >= 0.3 is 0 Å². The number of nitrogens with zero attached hydrogens (tertiary/aromatic N) is 2. The molecule has 0 aliphatic carbocycles. The lowest BCUT2D eigenvalue weighted by Gasteiger charge is -2.22. The van der Waals surface area contributed by atoms with E-state index in [1.54, 1.807) is 24.3 Å². The minimum Gasteiger partial charge on any atom is -0.361 e. The topological polar surface area (TPSA) is 63.4 Å². The minimum absolute atomic E-state index is 0.231. The van der Waals surface area contributed by atoms with Crippen molar-refractivity contribution >= 4 is 26.0 Å². The summed E-state index contributed by atoms with van der Waals surface area (Å²) in [5.41, 5.74) is 0.701. The second-order valence-corrected chi connectivity index (χ2v) is 8.84. The van der Waals surface area contributed by atoms with E-state index in [9.17, 15) is 8.42 Å². The average molecular weight is 399 g/mol. The van der Waals surface area contributed by atoms with Crippen LogP contribution in [0.4, 0.5) is 0 Å². The van der Waals surface area contributed by atoms with Crippen molar-refractivity contribution in [3.05, 3.63) is 46.3 Å². The second-order valence-electron chi connectivity index (χ2n) is 6.04. The summed E-state index contributed by atoms with van der Waals surface area (Å²) in [7, 11) is -3.53. The van der Waals surface area contributed by atoms with Crippen LogP contribution in [0.5, 0.6) is 0 Å². The lowest BCUT2D eigenvalue weighted by Crippen LogP contribution is -2.30. The van der Waals surface area contributed by atoms with Gasteiger partial charge in [-0.05, 0) is 37.1 Å². The van der Waals surface area contributed by atoms with E-state index in [2.05, 4.69) is 21.1 Å². The third kappa shape index (κ3) is 3.22. The molecule has 23 heavy (non-hydrogen) atoms. The molecule has 1 aromatic carbocycles. The first-order valence-electron chi connectivity index (χ1n) is 7.63. The molecule has 0 unspecified atom stereocenters. The molecule has 5 nitrogen and oxygen atoms in total. The fraction of sp³-hybridized carbons (Fsp3) is 0.438. The summed E-state index contributed by atoms with van der Waals surface area (Å²) in [6, 6.07) is 8.36. The molecule has 1 saturated heterocycles. The maximum atomic E-state index is 12.9. The van der Waals surface area contributed by atoms with Crippen LogP contribution in [0, 0.1) is 0 Å². The van der Waals surface area contributed by atoms with Crippen LogP contribution in [0.15, 0.2) is 44.2 Å². The van der Waals surface area contributed by atoms with E-state index in [1.807, 2.05) is 19.9 Å². The Kier molecular flexibility index (Phi) is 4.62. The Hall–Kier alpha value is -1.18. The zero-order chi connectivity index (χ0) is 16.6. The van der Waals surface area contributed by atoms with Crippen molar-refractivity contribution in [2.45, 2.75) is 43.5 Å². The SMILES string of the molecule is CC(C)c1cc([C@H]2CCCN2S(=O)(=O)c2ccc(Br)cc2)no1. The summed E-state index contributed by atoms with van der Waals surface area (Å²) in [6.45, 7) is 4.55. The van der Waals surface area contributed by atoms with Gasteiger partial charge in [-0.15, -0.1) is 0 Å². The summed E-state index contributed by atoms with van der Waals surface area (Å²) >= 11 is 3.33. The van der Waals surface area contributed by atoms with Crippen molar-refractivity contribution in [2.24, 2.45) is 0 Å². The summed E-state index contributed by atoms with van der Waals surface area (Å²) in [5.74, 6) is 1.02. The molecule has 1 aromatic heterocycles. The number of benzene rings is 1. The van der Waals surface area contributed by atoms with Gasteiger partial charge < -0.3 is 4.52 Å². The molecule has 0 N–H and O–H groups in total. The molecule has 1 fully saturated rings. The highest BCUT2D eigenvalue weighted by atomic mass is 79.9. The van der Waals surface area contributed by atoms with Crippen molar-refractivity contribution in [3.8, 4) is 0 Å². The third-order valence-corrected chi connectivity index (χ3v) is 6.53. The van der Waals surface area contributed by atoms with Gasteiger partial charge in [0.15, 0.2) is 0 Å². The van der Waals surface area contributed by atoms with Crippen molar-refractivity contribution in [2.75, 3.05) is 6.54 Å². The molecule has 0 saturated carbocycles. The number of aromatic nitrogens is 1. The highest BCUT2D eigenvalue weighted by Crippen LogP contribution is 2.37. The predicted octanol–water partition coefficient (Wildman–Crippen LogP) is 4.09. The third-order valence-electron chi connectivity index (χ3n) is 4.08. The highest BCUT2D eigenvalue weighted by Gasteiger charge is 2.37. The van der Waals surface area contributed by atoms with Crippen LogP contribution in [0.25, 0.3) is 0 Å². The average Bonchev–Trinajstić information content (AvgIpc) is 3.16. The quantitative estimate of drug-likeness (QED) is 0.777. The first kappa shape index (κ1) is 16.7. The normalized spacial score (nSPS) is 19.6. The smallest absolute Gasteiger partial charge is 0.243 e. The van der Waals surface area contributed by atoms with Crippen molar-refractivity contribution in [1.82, 2.24) is 9.46 Å². The van der Waals surface area contributed by atoms with E-state index in [4.69, 9.17) is 4.52 Å². The lowest BCUT2D eigenvalue weighted by atomic mass is 10.1. The fourth-order valence-electron chi connectivity index (χ4n) is 2.80. The van der Waals surface area contributed by atoms with Gasteiger partial charge in [0, 0.05) is 23.0 Å². The Labute approximate surface area is 144 Å². The molecule has 1 aliphatic rings. The van der Waals surface area contributed by atoms with Gasteiger partial charge in [-0.3, -0.25) is 0 Å². The Morgan fingerprint density at radius 3 is 2.61 bits per heavy atom. The first-order chi connectivity index (χ1) is 10.9. The van der Waals surface area contributed by atoms with Gasteiger partial charge in [0.1, 0.15) is 11.5 Å². The molecule has 0 amide bonds. The largest absolute Gasteiger partial charge is 0.361 e. The van der Waals surface area contributed by atoms with Crippen molar-refractivity contribution < 1.29 is 12.9 Å².